The van der Waals surface area contributed by atoms with Crippen LogP contribution in [0.25, 0.3) is 0 Å². The van der Waals surface area contributed by atoms with Gasteiger partial charge in [0, 0.05) is 12.1 Å². The normalized spacial score (nSPS) is 16.7. The van der Waals surface area contributed by atoms with Gasteiger partial charge in [-0.25, -0.2) is 0 Å². The van der Waals surface area contributed by atoms with Gasteiger partial charge in [0.1, 0.15) is 16.7 Å². The van der Waals surface area contributed by atoms with Crippen molar-refractivity contribution in [2.24, 2.45) is 0 Å². The van der Waals surface area contributed by atoms with E-state index >= 15 is 0 Å². The quantitative estimate of drug-likeness (QED) is 0.524. The topological polar surface area (TPSA) is 38.8 Å². The first-order valence-electron chi connectivity index (χ1n) is 8.64. The predicted molar refractivity (Wildman–Crippen MR) is 119 cm³/mol. The molecule has 3 rings (SSSR count). The number of thioether (sulfide) groups is 1. The molecule has 0 aromatic heterocycles. The smallest absolute Gasteiger partial charge is 0.242 e. The van der Waals surface area contributed by atoms with Crippen LogP contribution in [0.1, 0.15) is 11.1 Å². The maximum Gasteiger partial charge on any atom is 0.242 e. The van der Waals surface area contributed by atoms with Gasteiger partial charge in [0.15, 0.2) is 0 Å². The van der Waals surface area contributed by atoms with Gasteiger partial charge in [-0.1, -0.05) is 65.4 Å². The number of amides is 1. The summed E-state index contributed by atoms with van der Waals surface area (Å²) in [6.07, 6.45) is 0.560. The third kappa shape index (κ3) is 5.39. The van der Waals surface area contributed by atoms with Gasteiger partial charge < -0.3 is 9.47 Å². The van der Waals surface area contributed by atoms with Crippen molar-refractivity contribution >= 4 is 57.4 Å². The highest BCUT2D eigenvalue weighted by atomic mass is 35.5. The zero-order valence-corrected chi connectivity index (χ0v) is 18.3. The second kappa shape index (κ2) is 9.94. The van der Waals surface area contributed by atoms with Crippen molar-refractivity contribution in [3.8, 4) is 5.75 Å². The molecular weight excluding hydrogens is 437 g/mol. The molecule has 0 saturated carbocycles. The molecule has 0 aliphatic carbocycles. The largest absolute Gasteiger partial charge is 0.487 e. The lowest BCUT2D eigenvalue weighted by Crippen LogP contribution is -2.34. The van der Waals surface area contributed by atoms with Crippen LogP contribution in [0.15, 0.2) is 42.5 Å². The van der Waals surface area contributed by atoms with E-state index < -0.39 is 0 Å². The van der Waals surface area contributed by atoms with Gasteiger partial charge in [-0.2, -0.15) is 0 Å². The van der Waals surface area contributed by atoms with E-state index in [4.69, 9.17) is 44.9 Å². The summed E-state index contributed by atoms with van der Waals surface area (Å²) in [7, 11) is 1.60. The lowest BCUT2D eigenvalue weighted by atomic mass is 10.1. The van der Waals surface area contributed by atoms with Crippen LogP contribution in [-0.2, 0) is 22.6 Å². The van der Waals surface area contributed by atoms with Crippen LogP contribution in [0, 0.1) is 0 Å². The predicted octanol–water partition coefficient (Wildman–Crippen LogP) is 4.99. The summed E-state index contributed by atoms with van der Waals surface area (Å²) in [5.74, 6) is 0.620. The molecule has 0 radical (unpaired) electrons. The monoisotopic (exact) mass is 455 g/mol. The van der Waals surface area contributed by atoms with Crippen LogP contribution in [0.4, 0.5) is 0 Å². The first kappa shape index (κ1) is 21.4. The van der Waals surface area contributed by atoms with E-state index in [0.29, 0.717) is 46.3 Å². The summed E-state index contributed by atoms with van der Waals surface area (Å²) in [5, 5.41) is 0.965. The van der Waals surface area contributed by atoms with Gasteiger partial charge in [0.05, 0.1) is 23.4 Å². The van der Waals surface area contributed by atoms with Crippen molar-refractivity contribution in [1.82, 2.24) is 4.90 Å². The number of ether oxygens (including phenoxy) is 2. The van der Waals surface area contributed by atoms with Gasteiger partial charge in [0.25, 0.3) is 0 Å². The minimum absolute atomic E-state index is 0.0197. The first-order chi connectivity index (χ1) is 13.5. The van der Waals surface area contributed by atoms with Crippen LogP contribution < -0.4 is 4.74 Å². The fourth-order valence-corrected chi connectivity index (χ4v) is 4.73. The van der Waals surface area contributed by atoms with Gasteiger partial charge in [-0.3, -0.25) is 9.69 Å². The fourth-order valence-electron chi connectivity index (χ4n) is 2.76. The molecule has 0 N–H and O–H groups in total. The number of methoxy groups -OCH3 is 1. The lowest BCUT2D eigenvalue weighted by Gasteiger charge is -2.15. The van der Waals surface area contributed by atoms with Gasteiger partial charge in [-0.05, 0) is 41.8 Å². The van der Waals surface area contributed by atoms with Crippen molar-refractivity contribution in [1.29, 1.82) is 0 Å². The third-order valence-corrected chi connectivity index (χ3v) is 6.38. The summed E-state index contributed by atoms with van der Waals surface area (Å²) in [5.41, 5.74) is 1.97. The summed E-state index contributed by atoms with van der Waals surface area (Å²) >= 11 is 19.0. The molecule has 1 aliphatic heterocycles. The van der Waals surface area contributed by atoms with Crippen molar-refractivity contribution < 1.29 is 14.3 Å². The van der Waals surface area contributed by atoms with Gasteiger partial charge in [-0.15, -0.1) is 0 Å². The number of benzene rings is 2. The molecule has 0 spiro atoms. The SMILES string of the molecule is COCCN1C(=O)[C@H](Cc2ccc(OCc3ccc(Cl)cc3)c(Cl)c2)SC1=S. The van der Waals surface area contributed by atoms with Crippen LogP contribution in [0.2, 0.25) is 10.0 Å². The molecular formula is C20H19Cl2NO3S2. The summed E-state index contributed by atoms with van der Waals surface area (Å²) in [6, 6.07) is 13.1. The number of halogens is 2. The molecule has 1 heterocycles. The zero-order chi connectivity index (χ0) is 20.1. The number of hydrogen-bond acceptors (Lipinski definition) is 5. The van der Waals surface area contributed by atoms with Crippen LogP contribution in [0.5, 0.6) is 5.75 Å². The molecule has 2 aromatic carbocycles. The van der Waals surface area contributed by atoms with E-state index in [1.807, 2.05) is 42.5 Å². The van der Waals surface area contributed by atoms with E-state index in [1.54, 1.807) is 12.0 Å². The number of carbonyl (C=O) groups excluding carboxylic acids is 1. The lowest BCUT2D eigenvalue weighted by molar-refractivity contribution is -0.126. The maximum atomic E-state index is 12.6. The standard InChI is InChI=1S/C20H19Cl2NO3S2/c1-25-9-8-23-19(24)18(28-20(23)27)11-14-4-7-17(16(22)10-14)26-12-13-2-5-15(21)6-3-13/h2-7,10,18H,8-9,11-12H2,1H3/t18-/m0/s1. The summed E-state index contributed by atoms with van der Waals surface area (Å²) < 4.78 is 11.4. The minimum Gasteiger partial charge on any atom is -0.487 e. The number of rotatable bonds is 8. The molecule has 1 amide bonds. The Hall–Kier alpha value is -1.31. The molecule has 0 unspecified atom stereocenters. The first-order valence-corrected chi connectivity index (χ1v) is 10.7. The average molecular weight is 456 g/mol. The highest BCUT2D eigenvalue weighted by molar-refractivity contribution is 8.24. The Morgan fingerprint density at radius 3 is 2.54 bits per heavy atom. The number of nitrogens with zero attached hydrogens (tertiary/aromatic N) is 1. The maximum absolute atomic E-state index is 12.6. The third-order valence-electron chi connectivity index (χ3n) is 4.25. The van der Waals surface area contributed by atoms with Crippen molar-refractivity contribution in [2.45, 2.75) is 18.3 Å². The van der Waals surface area contributed by atoms with Gasteiger partial charge in [0.2, 0.25) is 5.91 Å². The Bertz CT molecular complexity index is 861. The molecule has 1 aliphatic rings. The average Bonchev–Trinajstić information content (AvgIpc) is 2.94. The Morgan fingerprint density at radius 1 is 1.14 bits per heavy atom. The molecule has 1 fully saturated rings. The van der Waals surface area contributed by atoms with E-state index in [1.165, 1.54) is 11.8 Å². The van der Waals surface area contributed by atoms with Crippen LogP contribution in [-0.4, -0.2) is 40.6 Å². The van der Waals surface area contributed by atoms with Crippen molar-refractivity contribution in [3.63, 3.8) is 0 Å². The second-order valence-corrected chi connectivity index (χ2v) is 8.92. The molecule has 8 heteroatoms. The molecule has 148 valence electrons. The van der Waals surface area contributed by atoms with E-state index in [9.17, 15) is 4.79 Å². The summed E-state index contributed by atoms with van der Waals surface area (Å²) in [4.78, 5) is 14.2. The van der Waals surface area contributed by atoms with Crippen LogP contribution >= 0.6 is 47.2 Å². The van der Waals surface area contributed by atoms with E-state index in [2.05, 4.69) is 0 Å². The van der Waals surface area contributed by atoms with Crippen molar-refractivity contribution in [3.05, 3.63) is 63.6 Å². The second-order valence-electron chi connectivity index (χ2n) is 6.24. The Kier molecular flexibility index (Phi) is 7.60. The molecule has 28 heavy (non-hydrogen) atoms. The van der Waals surface area contributed by atoms with Crippen molar-refractivity contribution in [2.75, 3.05) is 20.3 Å². The summed E-state index contributed by atoms with van der Waals surface area (Å²) in [6.45, 7) is 1.34. The van der Waals surface area contributed by atoms with Crippen LogP contribution in [0.3, 0.4) is 0 Å². The number of carbonyl (C=O) groups is 1. The molecule has 0 bridgehead atoms. The fraction of sp³-hybridized carbons (Fsp3) is 0.300. The van der Waals surface area contributed by atoms with Gasteiger partial charge >= 0.3 is 0 Å². The molecule has 2 aromatic rings. The molecule has 1 atom stereocenters. The Morgan fingerprint density at radius 2 is 1.86 bits per heavy atom. The Balaban J connectivity index is 1.60. The number of thiocarbonyl (C=S) groups is 1. The molecule has 1 saturated heterocycles. The minimum atomic E-state index is -0.235. The Labute approximate surface area is 184 Å². The zero-order valence-electron chi connectivity index (χ0n) is 15.2. The van der Waals surface area contributed by atoms with E-state index in [0.717, 1.165) is 11.1 Å². The highest BCUT2D eigenvalue weighted by Crippen LogP contribution is 2.32. The van der Waals surface area contributed by atoms with E-state index in [-0.39, 0.29) is 11.2 Å². The highest BCUT2D eigenvalue weighted by Gasteiger charge is 2.36. The molecule has 4 nitrogen and oxygen atoms in total. The number of hydrogen-bond donors (Lipinski definition) is 0.